The lowest BCUT2D eigenvalue weighted by Crippen LogP contribution is -2.11. The number of nitrogens with zero attached hydrogens (tertiary/aromatic N) is 1. The molecule has 1 rings (SSSR count). The smallest absolute Gasteiger partial charge is 0.119 e. The van der Waals surface area contributed by atoms with E-state index in [4.69, 9.17) is 11.0 Å². The van der Waals surface area contributed by atoms with Crippen LogP contribution in [0, 0.1) is 32.1 Å². The zero-order valence-corrected chi connectivity index (χ0v) is 8.26. The molecular weight excluding hydrogens is 160 g/mol. The van der Waals surface area contributed by atoms with E-state index < -0.39 is 6.04 Å². The van der Waals surface area contributed by atoms with Gasteiger partial charge in [0.15, 0.2) is 0 Å². The maximum atomic E-state index is 8.73. The van der Waals surface area contributed by atoms with Gasteiger partial charge in [0.25, 0.3) is 0 Å². The molecule has 0 saturated heterocycles. The van der Waals surface area contributed by atoms with Crippen LogP contribution in [0.2, 0.25) is 0 Å². The molecular formula is C11H14N2. The highest BCUT2D eigenvalue weighted by Gasteiger charge is 2.10. The average Bonchev–Trinajstić information content (AvgIpc) is 2.02. The van der Waals surface area contributed by atoms with Crippen molar-refractivity contribution in [3.8, 4) is 6.07 Å². The van der Waals surface area contributed by atoms with E-state index in [0.29, 0.717) is 0 Å². The Morgan fingerprint density at radius 3 is 2.08 bits per heavy atom. The van der Waals surface area contributed by atoms with E-state index in [1.165, 1.54) is 5.56 Å². The Morgan fingerprint density at radius 2 is 1.69 bits per heavy atom. The standard InChI is InChI=1S/C11H14N2/c1-7-4-8(2)11(9(3)5-7)10(13)6-12/h4-5,10H,13H2,1-3H3/t10-/m1/s1. The molecule has 2 heteroatoms. The van der Waals surface area contributed by atoms with Crippen LogP contribution < -0.4 is 5.73 Å². The fourth-order valence-electron chi connectivity index (χ4n) is 1.75. The lowest BCUT2D eigenvalue weighted by Gasteiger charge is -2.12. The Balaban J connectivity index is 3.30. The summed E-state index contributed by atoms with van der Waals surface area (Å²) in [7, 11) is 0. The highest BCUT2D eigenvalue weighted by Crippen LogP contribution is 2.21. The molecule has 0 unspecified atom stereocenters. The Bertz CT molecular complexity index is 338. The van der Waals surface area contributed by atoms with E-state index in [1.54, 1.807) is 0 Å². The molecule has 0 spiro atoms. The molecule has 68 valence electrons. The molecule has 0 aliphatic carbocycles. The van der Waals surface area contributed by atoms with Crippen molar-refractivity contribution in [2.75, 3.05) is 0 Å². The van der Waals surface area contributed by atoms with E-state index in [2.05, 4.69) is 18.2 Å². The van der Waals surface area contributed by atoms with Crippen molar-refractivity contribution in [1.82, 2.24) is 0 Å². The summed E-state index contributed by atoms with van der Waals surface area (Å²) in [6, 6.07) is 5.67. The van der Waals surface area contributed by atoms with Crippen molar-refractivity contribution in [2.45, 2.75) is 26.8 Å². The van der Waals surface area contributed by atoms with Crippen molar-refractivity contribution in [2.24, 2.45) is 5.73 Å². The van der Waals surface area contributed by atoms with Gasteiger partial charge in [-0.05, 0) is 37.5 Å². The molecule has 0 amide bonds. The second-order valence-electron chi connectivity index (χ2n) is 3.42. The van der Waals surface area contributed by atoms with Crippen molar-refractivity contribution in [3.63, 3.8) is 0 Å². The molecule has 0 fully saturated rings. The molecule has 2 nitrogen and oxygen atoms in total. The monoisotopic (exact) mass is 174 g/mol. The van der Waals surface area contributed by atoms with Crippen LogP contribution in [-0.2, 0) is 0 Å². The van der Waals surface area contributed by atoms with Crippen LogP contribution in [0.5, 0.6) is 0 Å². The van der Waals surface area contributed by atoms with Gasteiger partial charge in [0.1, 0.15) is 6.04 Å². The van der Waals surface area contributed by atoms with Gasteiger partial charge in [-0.15, -0.1) is 0 Å². The highest BCUT2D eigenvalue weighted by molar-refractivity contribution is 5.41. The summed E-state index contributed by atoms with van der Waals surface area (Å²) < 4.78 is 0. The molecule has 0 heterocycles. The van der Waals surface area contributed by atoms with Gasteiger partial charge in [0.2, 0.25) is 0 Å². The SMILES string of the molecule is Cc1cc(C)c([C@H](N)C#N)c(C)c1. The quantitative estimate of drug-likeness (QED) is 0.709. The number of nitrogens with two attached hydrogens (primary N) is 1. The van der Waals surface area contributed by atoms with Gasteiger partial charge in [0.05, 0.1) is 6.07 Å². The molecule has 13 heavy (non-hydrogen) atoms. The Labute approximate surface area is 79.0 Å². The van der Waals surface area contributed by atoms with Crippen LogP contribution in [0.25, 0.3) is 0 Å². The van der Waals surface area contributed by atoms with E-state index in [9.17, 15) is 0 Å². The van der Waals surface area contributed by atoms with Crippen LogP contribution in [0.1, 0.15) is 28.3 Å². The fourth-order valence-corrected chi connectivity index (χ4v) is 1.75. The molecule has 0 aromatic heterocycles. The Hall–Kier alpha value is -1.33. The molecule has 0 radical (unpaired) electrons. The third-order valence-electron chi connectivity index (χ3n) is 2.19. The maximum Gasteiger partial charge on any atom is 0.119 e. The predicted molar refractivity (Wildman–Crippen MR) is 53.2 cm³/mol. The topological polar surface area (TPSA) is 49.8 Å². The van der Waals surface area contributed by atoms with Gasteiger partial charge >= 0.3 is 0 Å². The van der Waals surface area contributed by atoms with E-state index in [1.807, 2.05) is 20.8 Å². The zero-order chi connectivity index (χ0) is 10.0. The van der Waals surface area contributed by atoms with E-state index in [-0.39, 0.29) is 0 Å². The van der Waals surface area contributed by atoms with Crippen LogP contribution in [-0.4, -0.2) is 0 Å². The molecule has 2 N–H and O–H groups in total. The minimum atomic E-state index is -0.499. The summed E-state index contributed by atoms with van der Waals surface area (Å²) in [5.74, 6) is 0. The van der Waals surface area contributed by atoms with Crippen LogP contribution in [0.4, 0.5) is 0 Å². The summed E-state index contributed by atoms with van der Waals surface area (Å²) in [5.41, 5.74) is 10.1. The first-order valence-corrected chi connectivity index (χ1v) is 4.29. The third kappa shape index (κ3) is 1.88. The zero-order valence-electron chi connectivity index (χ0n) is 8.26. The second-order valence-corrected chi connectivity index (χ2v) is 3.42. The number of aryl methyl sites for hydroxylation is 3. The van der Waals surface area contributed by atoms with Crippen molar-refractivity contribution in [3.05, 3.63) is 34.4 Å². The summed E-state index contributed by atoms with van der Waals surface area (Å²) >= 11 is 0. The molecule has 0 aliphatic rings. The second kappa shape index (κ2) is 3.59. The molecule has 0 aliphatic heterocycles. The number of hydrogen-bond acceptors (Lipinski definition) is 2. The molecule has 1 atom stereocenters. The predicted octanol–water partition coefficient (Wildman–Crippen LogP) is 2.14. The highest BCUT2D eigenvalue weighted by atomic mass is 14.6. The van der Waals surface area contributed by atoms with Gasteiger partial charge in [-0.1, -0.05) is 17.7 Å². The average molecular weight is 174 g/mol. The van der Waals surface area contributed by atoms with Crippen LogP contribution >= 0.6 is 0 Å². The largest absolute Gasteiger partial charge is 0.312 e. The minimum absolute atomic E-state index is 0.499. The summed E-state index contributed by atoms with van der Waals surface area (Å²) in [5, 5.41) is 8.73. The van der Waals surface area contributed by atoms with Crippen molar-refractivity contribution >= 4 is 0 Å². The number of rotatable bonds is 1. The van der Waals surface area contributed by atoms with Gasteiger partial charge < -0.3 is 5.73 Å². The van der Waals surface area contributed by atoms with Gasteiger partial charge in [-0.25, -0.2) is 0 Å². The Kier molecular flexibility index (Phi) is 2.69. The Morgan fingerprint density at radius 1 is 1.23 bits per heavy atom. The minimum Gasteiger partial charge on any atom is -0.312 e. The maximum absolute atomic E-state index is 8.73. The van der Waals surface area contributed by atoms with Gasteiger partial charge in [-0.3, -0.25) is 0 Å². The lowest BCUT2D eigenvalue weighted by molar-refractivity contribution is 0.900. The summed E-state index contributed by atoms with van der Waals surface area (Å²) in [6.07, 6.45) is 0. The number of hydrogen-bond donors (Lipinski definition) is 1. The molecule has 1 aromatic rings. The van der Waals surface area contributed by atoms with E-state index >= 15 is 0 Å². The first kappa shape index (κ1) is 9.76. The normalized spacial score (nSPS) is 12.2. The van der Waals surface area contributed by atoms with Gasteiger partial charge in [-0.2, -0.15) is 5.26 Å². The fraction of sp³-hybridized carbons (Fsp3) is 0.364. The van der Waals surface area contributed by atoms with Crippen LogP contribution in [0.3, 0.4) is 0 Å². The summed E-state index contributed by atoms with van der Waals surface area (Å²) in [4.78, 5) is 0. The van der Waals surface area contributed by atoms with Crippen LogP contribution in [0.15, 0.2) is 12.1 Å². The van der Waals surface area contributed by atoms with Gasteiger partial charge in [0, 0.05) is 0 Å². The first-order valence-electron chi connectivity index (χ1n) is 4.29. The number of benzene rings is 1. The third-order valence-corrected chi connectivity index (χ3v) is 2.19. The first-order chi connectivity index (χ1) is 6.06. The van der Waals surface area contributed by atoms with E-state index in [0.717, 1.165) is 16.7 Å². The molecule has 0 bridgehead atoms. The van der Waals surface area contributed by atoms with Crippen molar-refractivity contribution in [1.29, 1.82) is 5.26 Å². The number of nitriles is 1. The lowest BCUT2D eigenvalue weighted by atomic mass is 9.95. The molecule has 1 aromatic carbocycles. The summed E-state index contributed by atoms with van der Waals surface area (Å²) in [6.45, 7) is 6.03. The molecule has 0 saturated carbocycles. The van der Waals surface area contributed by atoms with Crippen molar-refractivity contribution < 1.29 is 0 Å².